The van der Waals surface area contributed by atoms with Gasteiger partial charge in [0, 0.05) is 30.1 Å². The fraction of sp³-hybridized carbons (Fsp3) is 0.281. The predicted octanol–water partition coefficient (Wildman–Crippen LogP) is 5.30. The summed E-state index contributed by atoms with van der Waals surface area (Å²) in [4.78, 5) is 29.6. The van der Waals surface area contributed by atoms with E-state index in [0.717, 1.165) is 64.8 Å². The summed E-state index contributed by atoms with van der Waals surface area (Å²) in [7, 11) is 5.40. The van der Waals surface area contributed by atoms with Crippen LogP contribution in [-0.4, -0.2) is 53.8 Å². The molecule has 1 saturated heterocycles. The molecular weight excluding hydrogens is 488 g/mol. The van der Waals surface area contributed by atoms with Crippen LogP contribution < -0.4 is 4.90 Å². The summed E-state index contributed by atoms with van der Waals surface area (Å²) >= 11 is 0. The summed E-state index contributed by atoms with van der Waals surface area (Å²) in [6.07, 6.45) is 6.69. The highest BCUT2D eigenvalue weighted by atomic mass is 16.5. The zero-order chi connectivity index (χ0) is 27.4. The molecule has 0 unspecified atom stereocenters. The van der Waals surface area contributed by atoms with Crippen LogP contribution in [0.15, 0.2) is 79.0 Å². The molecule has 1 aromatic heterocycles. The molecule has 39 heavy (non-hydrogen) atoms. The average molecular weight is 523 g/mol. The van der Waals surface area contributed by atoms with E-state index in [4.69, 9.17) is 4.74 Å². The molecular formula is C32H34N4O3. The lowest BCUT2D eigenvalue weighted by Crippen LogP contribution is -2.41. The van der Waals surface area contributed by atoms with Gasteiger partial charge in [0.25, 0.3) is 0 Å². The molecule has 3 aromatic carbocycles. The summed E-state index contributed by atoms with van der Waals surface area (Å²) in [5.74, 6) is -0.285. The quantitative estimate of drug-likeness (QED) is 0.243. The van der Waals surface area contributed by atoms with Gasteiger partial charge in [0.1, 0.15) is 0 Å². The van der Waals surface area contributed by atoms with E-state index in [-0.39, 0.29) is 11.8 Å². The standard InChI is InChI=1S/C32H34N4O3/c1-34-17-15-26(16-18-34)32(38)36(29-6-4-5-23(19-29)9-14-31(37)39-3)22-24-7-10-25(11-8-24)27-12-13-30-28(20-27)21-33-35(30)2/h4-14,19-21,26H,15-18,22H2,1-3H3/b14-9+. The maximum atomic E-state index is 13.9. The first kappa shape index (κ1) is 26.4. The Morgan fingerprint density at radius 1 is 1.00 bits per heavy atom. The maximum absolute atomic E-state index is 13.9. The number of nitrogens with zero attached hydrogens (tertiary/aromatic N) is 4. The van der Waals surface area contributed by atoms with Gasteiger partial charge in [-0.2, -0.15) is 5.10 Å². The molecule has 1 amide bonds. The second-order valence-electron chi connectivity index (χ2n) is 10.2. The van der Waals surface area contributed by atoms with Crippen molar-refractivity contribution in [3.05, 3.63) is 90.1 Å². The molecule has 4 aromatic rings. The zero-order valence-electron chi connectivity index (χ0n) is 22.7. The van der Waals surface area contributed by atoms with Crippen molar-refractivity contribution >= 4 is 34.5 Å². The highest BCUT2D eigenvalue weighted by molar-refractivity contribution is 5.95. The third-order valence-corrected chi connectivity index (χ3v) is 7.50. The minimum absolute atomic E-state index is 0.0130. The lowest BCUT2D eigenvalue weighted by Gasteiger charge is -2.33. The van der Waals surface area contributed by atoms with Gasteiger partial charge in [0.15, 0.2) is 0 Å². The first-order chi connectivity index (χ1) is 18.9. The van der Waals surface area contributed by atoms with E-state index < -0.39 is 5.97 Å². The van der Waals surface area contributed by atoms with E-state index in [9.17, 15) is 9.59 Å². The number of aromatic nitrogens is 2. The van der Waals surface area contributed by atoms with Gasteiger partial charge in [0.05, 0.1) is 25.4 Å². The number of hydrogen-bond donors (Lipinski definition) is 0. The number of methoxy groups -OCH3 is 1. The molecule has 0 bridgehead atoms. The fourth-order valence-electron chi connectivity index (χ4n) is 5.13. The number of carbonyl (C=O) groups excluding carboxylic acids is 2. The number of amides is 1. The van der Waals surface area contributed by atoms with E-state index in [1.165, 1.54) is 13.2 Å². The summed E-state index contributed by atoms with van der Waals surface area (Å²) in [6.45, 7) is 2.31. The highest BCUT2D eigenvalue weighted by Gasteiger charge is 2.28. The van der Waals surface area contributed by atoms with Crippen molar-refractivity contribution < 1.29 is 14.3 Å². The molecule has 7 heteroatoms. The van der Waals surface area contributed by atoms with E-state index in [2.05, 4.69) is 59.5 Å². The summed E-state index contributed by atoms with van der Waals surface area (Å²) in [5.41, 5.74) is 6.05. The highest BCUT2D eigenvalue weighted by Crippen LogP contribution is 2.28. The van der Waals surface area contributed by atoms with Gasteiger partial charge in [-0.25, -0.2) is 4.79 Å². The summed E-state index contributed by atoms with van der Waals surface area (Å²) in [6, 6.07) is 22.5. The minimum Gasteiger partial charge on any atom is -0.466 e. The normalized spacial score (nSPS) is 14.6. The first-order valence-corrected chi connectivity index (χ1v) is 13.3. The smallest absolute Gasteiger partial charge is 0.330 e. The number of hydrogen-bond acceptors (Lipinski definition) is 5. The van der Waals surface area contributed by atoms with E-state index >= 15 is 0 Å². The molecule has 2 heterocycles. The van der Waals surface area contributed by atoms with Crippen molar-refractivity contribution in [2.45, 2.75) is 19.4 Å². The number of piperidine rings is 1. The average Bonchev–Trinajstić information content (AvgIpc) is 3.35. The molecule has 5 rings (SSSR count). The SMILES string of the molecule is COC(=O)/C=C/c1cccc(N(Cc2ccc(-c3ccc4c(cnn4C)c3)cc2)C(=O)C2CCN(C)CC2)c1. The first-order valence-electron chi connectivity index (χ1n) is 13.3. The molecule has 0 radical (unpaired) electrons. The Morgan fingerprint density at radius 2 is 1.74 bits per heavy atom. The molecule has 1 aliphatic heterocycles. The number of ether oxygens (including phenoxy) is 1. The Morgan fingerprint density at radius 3 is 2.49 bits per heavy atom. The van der Waals surface area contributed by atoms with Crippen LogP contribution in [0.3, 0.4) is 0 Å². The molecule has 1 aliphatic rings. The Hall–Kier alpha value is -4.23. The molecule has 1 fully saturated rings. The lowest BCUT2D eigenvalue weighted by molar-refractivity contribution is -0.134. The summed E-state index contributed by atoms with van der Waals surface area (Å²) in [5, 5.41) is 5.45. The largest absolute Gasteiger partial charge is 0.466 e. The number of likely N-dealkylation sites (tertiary alicyclic amines) is 1. The van der Waals surface area contributed by atoms with Crippen LogP contribution in [0.1, 0.15) is 24.0 Å². The van der Waals surface area contributed by atoms with E-state index in [1.807, 2.05) is 47.1 Å². The Balaban J connectivity index is 1.41. The minimum atomic E-state index is -0.414. The van der Waals surface area contributed by atoms with Gasteiger partial charge in [-0.1, -0.05) is 42.5 Å². The van der Waals surface area contributed by atoms with Crippen molar-refractivity contribution in [1.29, 1.82) is 0 Å². The number of anilines is 1. The van der Waals surface area contributed by atoms with Gasteiger partial charge in [-0.15, -0.1) is 0 Å². The van der Waals surface area contributed by atoms with Crippen molar-refractivity contribution in [3.8, 4) is 11.1 Å². The van der Waals surface area contributed by atoms with Crippen LogP contribution in [0.5, 0.6) is 0 Å². The van der Waals surface area contributed by atoms with E-state index in [0.29, 0.717) is 6.54 Å². The molecule has 200 valence electrons. The third-order valence-electron chi connectivity index (χ3n) is 7.50. The molecule has 0 aliphatic carbocycles. The van der Waals surface area contributed by atoms with Gasteiger partial charge >= 0.3 is 5.97 Å². The van der Waals surface area contributed by atoms with E-state index in [1.54, 1.807) is 6.08 Å². The fourth-order valence-corrected chi connectivity index (χ4v) is 5.13. The molecule has 0 atom stereocenters. The second kappa shape index (κ2) is 11.7. The molecule has 0 saturated carbocycles. The van der Waals surface area contributed by atoms with Gasteiger partial charge in [0.2, 0.25) is 5.91 Å². The Kier molecular flexibility index (Phi) is 7.89. The number of aryl methyl sites for hydroxylation is 1. The van der Waals surface area contributed by atoms with Crippen molar-refractivity contribution in [2.24, 2.45) is 13.0 Å². The summed E-state index contributed by atoms with van der Waals surface area (Å²) < 4.78 is 6.59. The van der Waals surface area contributed by atoms with Crippen LogP contribution in [0.2, 0.25) is 0 Å². The van der Waals surface area contributed by atoms with Crippen molar-refractivity contribution in [2.75, 3.05) is 32.1 Å². The van der Waals surface area contributed by atoms with Crippen LogP contribution in [0, 0.1) is 5.92 Å². The second-order valence-corrected chi connectivity index (χ2v) is 10.2. The number of rotatable bonds is 7. The van der Waals surface area contributed by atoms with Crippen molar-refractivity contribution in [1.82, 2.24) is 14.7 Å². The van der Waals surface area contributed by atoms with Crippen molar-refractivity contribution in [3.63, 3.8) is 0 Å². The van der Waals surface area contributed by atoms with Crippen LogP contribution >= 0.6 is 0 Å². The van der Waals surface area contributed by atoms with Crippen LogP contribution in [0.25, 0.3) is 28.1 Å². The Bertz CT molecular complexity index is 1500. The maximum Gasteiger partial charge on any atom is 0.330 e. The van der Waals surface area contributed by atoms with Crippen LogP contribution in [0.4, 0.5) is 5.69 Å². The molecule has 0 spiro atoms. The number of carbonyl (C=O) groups is 2. The number of esters is 1. The monoisotopic (exact) mass is 522 g/mol. The molecule has 0 N–H and O–H groups in total. The van der Waals surface area contributed by atoms with Crippen LogP contribution in [-0.2, 0) is 27.9 Å². The topological polar surface area (TPSA) is 67.7 Å². The predicted molar refractivity (Wildman–Crippen MR) is 155 cm³/mol. The van der Waals surface area contributed by atoms with Gasteiger partial charge in [-0.3, -0.25) is 9.48 Å². The lowest BCUT2D eigenvalue weighted by atomic mass is 9.95. The molecule has 7 nitrogen and oxygen atoms in total. The van der Waals surface area contributed by atoms with Gasteiger partial charge < -0.3 is 14.5 Å². The van der Waals surface area contributed by atoms with Gasteiger partial charge in [-0.05, 0) is 85.6 Å². The number of benzene rings is 3. The third kappa shape index (κ3) is 6.10. The number of fused-ring (bicyclic) bond motifs is 1. The Labute approximate surface area is 229 Å². The zero-order valence-corrected chi connectivity index (χ0v) is 22.7.